The first-order chi connectivity index (χ1) is 5.57. The minimum Gasteiger partial charge on any atom is -0.396 e. The average Bonchev–Trinajstić information content (AvgIpc) is 2.01. The maximum atomic E-state index is 9.16. The third-order valence-corrected chi connectivity index (χ3v) is 6.55. The van der Waals surface area contributed by atoms with Gasteiger partial charge in [0, 0.05) is 14.7 Å². The maximum absolute atomic E-state index is 9.16. The number of hydrogen-bond donors (Lipinski definition) is 1. The number of rotatable bonds is 2. The molecule has 2 heteroatoms. The van der Waals surface area contributed by atoms with Crippen LogP contribution in [-0.4, -0.2) is 19.8 Å². The standard InChI is InChI=1S/C10H22OSi/c1-4-9-5-10(6-11)8-12(2,3)7-9/h9-11H,4-8H2,1-3H3/t9-,10-/m0/s1. The van der Waals surface area contributed by atoms with E-state index in [1.54, 1.807) is 0 Å². The fourth-order valence-electron chi connectivity index (χ4n) is 2.73. The predicted molar refractivity (Wildman–Crippen MR) is 56.1 cm³/mol. The summed E-state index contributed by atoms with van der Waals surface area (Å²) in [5.41, 5.74) is 0. The van der Waals surface area contributed by atoms with Crippen molar-refractivity contribution in [1.82, 2.24) is 0 Å². The molecule has 1 heterocycles. The molecule has 2 atom stereocenters. The van der Waals surface area contributed by atoms with Gasteiger partial charge in [0.15, 0.2) is 0 Å². The Hall–Kier alpha value is 0.177. The van der Waals surface area contributed by atoms with Crippen molar-refractivity contribution in [3.8, 4) is 0 Å². The molecule has 1 nitrogen and oxygen atoms in total. The van der Waals surface area contributed by atoms with E-state index in [0.717, 1.165) is 5.92 Å². The molecule has 0 aromatic rings. The summed E-state index contributed by atoms with van der Waals surface area (Å²) in [7, 11) is -0.919. The second-order valence-electron chi connectivity index (χ2n) is 5.13. The van der Waals surface area contributed by atoms with Crippen molar-refractivity contribution in [1.29, 1.82) is 0 Å². The van der Waals surface area contributed by atoms with Crippen molar-refractivity contribution in [3.05, 3.63) is 0 Å². The van der Waals surface area contributed by atoms with Gasteiger partial charge < -0.3 is 5.11 Å². The highest BCUT2D eigenvalue weighted by molar-refractivity contribution is 6.77. The number of aliphatic hydroxyl groups excluding tert-OH is 1. The van der Waals surface area contributed by atoms with Crippen LogP contribution in [0.3, 0.4) is 0 Å². The zero-order chi connectivity index (χ0) is 9.19. The van der Waals surface area contributed by atoms with Crippen LogP contribution in [0.2, 0.25) is 25.2 Å². The van der Waals surface area contributed by atoms with E-state index in [1.807, 2.05) is 0 Å². The Kier molecular flexibility index (Phi) is 3.35. The molecule has 1 rings (SSSR count). The van der Waals surface area contributed by atoms with E-state index in [1.165, 1.54) is 24.9 Å². The van der Waals surface area contributed by atoms with Gasteiger partial charge in [0.25, 0.3) is 0 Å². The van der Waals surface area contributed by atoms with Gasteiger partial charge in [-0.25, -0.2) is 0 Å². The lowest BCUT2D eigenvalue weighted by atomic mass is 9.95. The third kappa shape index (κ3) is 2.59. The lowest BCUT2D eigenvalue weighted by Crippen LogP contribution is -2.37. The van der Waals surface area contributed by atoms with Crippen LogP contribution >= 0.6 is 0 Å². The number of aliphatic hydroxyl groups is 1. The smallest absolute Gasteiger partial charge is 0.0480 e. The van der Waals surface area contributed by atoms with Crippen LogP contribution in [0.5, 0.6) is 0 Å². The van der Waals surface area contributed by atoms with Gasteiger partial charge in [-0.3, -0.25) is 0 Å². The summed E-state index contributed by atoms with van der Waals surface area (Å²) in [6.07, 6.45) is 2.59. The normalized spacial score (nSPS) is 35.0. The molecule has 1 aliphatic heterocycles. The van der Waals surface area contributed by atoms with Gasteiger partial charge in [0.2, 0.25) is 0 Å². The minimum atomic E-state index is -0.919. The topological polar surface area (TPSA) is 20.2 Å². The van der Waals surface area contributed by atoms with E-state index >= 15 is 0 Å². The first-order valence-corrected chi connectivity index (χ1v) is 8.59. The Balaban J connectivity index is 2.53. The molecule has 1 fully saturated rings. The molecule has 0 aliphatic carbocycles. The van der Waals surface area contributed by atoms with Gasteiger partial charge in [-0.05, 0) is 18.3 Å². The largest absolute Gasteiger partial charge is 0.396 e. The summed E-state index contributed by atoms with van der Waals surface area (Å²) >= 11 is 0. The van der Waals surface area contributed by atoms with Gasteiger partial charge in [-0.15, -0.1) is 0 Å². The van der Waals surface area contributed by atoms with Gasteiger partial charge in [-0.1, -0.05) is 38.5 Å². The van der Waals surface area contributed by atoms with Crippen LogP contribution < -0.4 is 0 Å². The highest BCUT2D eigenvalue weighted by atomic mass is 28.3. The van der Waals surface area contributed by atoms with Gasteiger partial charge in [-0.2, -0.15) is 0 Å². The summed E-state index contributed by atoms with van der Waals surface area (Å²) in [5.74, 6) is 1.54. The zero-order valence-electron chi connectivity index (χ0n) is 8.64. The van der Waals surface area contributed by atoms with Crippen LogP contribution in [0.4, 0.5) is 0 Å². The quantitative estimate of drug-likeness (QED) is 0.658. The van der Waals surface area contributed by atoms with Crippen molar-refractivity contribution in [2.75, 3.05) is 6.61 Å². The molecule has 0 bridgehead atoms. The highest BCUT2D eigenvalue weighted by Crippen LogP contribution is 2.37. The monoisotopic (exact) mass is 186 g/mol. The summed E-state index contributed by atoms with van der Waals surface area (Å²) in [5, 5.41) is 9.16. The van der Waals surface area contributed by atoms with E-state index in [9.17, 15) is 0 Å². The first-order valence-electron chi connectivity index (χ1n) is 5.18. The molecule has 1 saturated heterocycles. The molecule has 12 heavy (non-hydrogen) atoms. The van der Waals surface area contributed by atoms with Gasteiger partial charge in [0.05, 0.1) is 0 Å². The van der Waals surface area contributed by atoms with E-state index in [-0.39, 0.29) is 0 Å². The van der Waals surface area contributed by atoms with E-state index in [0.29, 0.717) is 12.5 Å². The van der Waals surface area contributed by atoms with Crippen molar-refractivity contribution < 1.29 is 5.11 Å². The van der Waals surface area contributed by atoms with E-state index in [4.69, 9.17) is 5.11 Å². The summed E-state index contributed by atoms with van der Waals surface area (Å²) < 4.78 is 0. The second-order valence-corrected chi connectivity index (χ2v) is 10.3. The average molecular weight is 186 g/mol. The Labute approximate surface area is 77.2 Å². The van der Waals surface area contributed by atoms with Crippen molar-refractivity contribution in [3.63, 3.8) is 0 Å². The summed E-state index contributed by atoms with van der Waals surface area (Å²) in [6.45, 7) is 7.65. The second kappa shape index (κ2) is 3.92. The maximum Gasteiger partial charge on any atom is 0.0480 e. The molecule has 0 radical (unpaired) electrons. The van der Waals surface area contributed by atoms with Crippen LogP contribution in [-0.2, 0) is 0 Å². The molecule has 0 unspecified atom stereocenters. The molecule has 72 valence electrons. The first kappa shape index (κ1) is 10.3. The van der Waals surface area contributed by atoms with Crippen molar-refractivity contribution in [2.24, 2.45) is 11.8 Å². The molecule has 0 saturated carbocycles. The molecular formula is C10H22OSi. The van der Waals surface area contributed by atoms with Crippen LogP contribution in [0.15, 0.2) is 0 Å². The van der Waals surface area contributed by atoms with E-state index < -0.39 is 8.07 Å². The SMILES string of the molecule is CC[C@H]1C[C@@H](CO)C[Si](C)(C)C1. The Morgan fingerprint density at radius 2 is 1.83 bits per heavy atom. The molecule has 0 aromatic carbocycles. The van der Waals surface area contributed by atoms with Crippen LogP contribution in [0.1, 0.15) is 19.8 Å². The Bertz CT molecular complexity index is 131. The highest BCUT2D eigenvalue weighted by Gasteiger charge is 2.33. The van der Waals surface area contributed by atoms with Gasteiger partial charge >= 0.3 is 0 Å². The number of hydrogen-bond acceptors (Lipinski definition) is 1. The van der Waals surface area contributed by atoms with E-state index in [2.05, 4.69) is 20.0 Å². The fraction of sp³-hybridized carbons (Fsp3) is 1.00. The molecule has 0 aromatic heterocycles. The predicted octanol–water partition coefficient (Wildman–Crippen LogP) is 2.73. The molecule has 1 N–H and O–H groups in total. The molecule has 0 spiro atoms. The molecule has 1 aliphatic rings. The summed E-state index contributed by atoms with van der Waals surface area (Å²) in [4.78, 5) is 0. The minimum absolute atomic E-state index is 0.424. The Morgan fingerprint density at radius 3 is 2.33 bits per heavy atom. The van der Waals surface area contributed by atoms with Crippen LogP contribution in [0, 0.1) is 11.8 Å². The molecular weight excluding hydrogens is 164 g/mol. The zero-order valence-corrected chi connectivity index (χ0v) is 9.64. The lowest BCUT2D eigenvalue weighted by Gasteiger charge is -2.38. The third-order valence-electron chi connectivity index (χ3n) is 3.18. The Morgan fingerprint density at radius 1 is 1.25 bits per heavy atom. The molecule has 0 amide bonds. The van der Waals surface area contributed by atoms with Crippen molar-refractivity contribution >= 4 is 8.07 Å². The fourth-order valence-corrected chi connectivity index (χ4v) is 6.78. The summed E-state index contributed by atoms with van der Waals surface area (Å²) in [6, 6.07) is 2.83. The van der Waals surface area contributed by atoms with Crippen molar-refractivity contribution in [2.45, 2.75) is 44.9 Å². The van der Waals surface area contributed by atoms with Gasteiger partial charge in [0.1, 0.15) is 0 Å². The lowest BCUT2D eigenvalue weighted by molar-refractivity contribution is 0.205. The van der Waals surface area contributed by atoms with Crippen LogP contribution in [0.25, 0.3) is 0 Å².